The van der Waals surface area contributed by atoms with Gasteiger partial charge in [-0.05, 0) is 43.3 Å². The molecule has 4 rings (SSSR count). The number of ether oxygens (including phenoxy) is 1. The van der Waals surface area contributed by atoms with Gasteiger partial charge in [-0.2, -0.15) is 0 Å². The van der Waals surface area contributed by atoms with E-state index in [1.54, 1.807) is 24.3 Å². The van der Waals surface area contributed by atoms with Crippen LogP contribution in [0.25, 0.3) is 22.3 Å². The highest BCUT2D eigenvalue weighted by molar-refractivity contribution is 6.31. The molecule has 0 bridgehead atoms. The molecule has 0 saturated heterocycles. The second kappa shape index (κ2) is 7.79. The molecule has 1 N–H and O–H groups in total. The molecule has 4 nitrogen and oxygen atoms in total. The van der Waals surface area contributed by atoms with Crippen molar-refractivity contribution < 1.29 is 13.9 Å². The number of furan rings is 1. The molecule has 28 heavy (non-hydrogen) atoms. The van der Waals surface area contributed by atoms with Crippen LogP contribution in [0.1, 0.15) is 17.3 Å². The van der Waals surface area contributed by atoms with Gasteiger partial charge in [-0.3, -0.25) is 4.79 Å². The first-order valence-corrected chi connectivity index (χ1v) is 9.35. The van der Waals surface area contributed by atoms with Crippen LogP contribution < -0.4 is 10.1 Å². The zero-order valence-electron chi connectivity index (χ0n) is 15.2. The summed E-state index contributed by atoms with van der Waals surface area (Å²) >= 11 is 6.04. The number of hydrogen-bond donors (Lipinski definition) is 1. The van der Waals surface area contributed by atoms with Crippen molar-refractivity contribution >= 4 is 34.2 Å². The Kier molecular flexibility index (Phi) is 5.04. The van der Waals surface area contributed by atoms with Gasteiger partial charge in [-0.1, -0.05) is 48.0 Å². The molecule has 0 spiro atoms. The fourth-order valence-corrected chi connectivity index (χ4v) is 3.30. The smallest absolute Gasteiger partial charge is 0.260 e. The molecular weight excluding hydrogens is 374 g/mol. The lowest BCUT2D eigenvalue weighted by molar-refractivity contribution is 0.102. The average molecular weight is 392 g/mol. The van der Waals surface area contributed by atoms with Gasteiger partial charge < -0.3 is 14.5 Å². The summed E-state index contributed by atoms with van der Waals surface area (Å²) in [6.45, 7) is 2.46. The molecule has 4 aromatic rings. The molecule has 3 aromatic carbocycles. The minimum absolute atomic E-state index is 0.270. The number of halogens is 1. The van der Waals surface area contributed by atoms with Crippen LogP contribution in [0, 0.1) is 0 Å². The van der Waals surface area contributed by atoms with Gasteiger partial charge in [0.15, 0.2) is 0 Å². The summed E-state index contributed by atoms with van der Waals surface area (Å²) < 4.78 is 11.7. The first-order valence-electron chi connectivity index (χ1n) is 8.97. The molecule has 0 saturated carbocycles. The van der Waals surface area contributed by atoms with Gasteiger partial charge in [0, 0.05) is 21.7 Å². The summed E-state index contributed by atoms with van der Waals surface area (Å²) in [4.78, 5) is 13.2. The van der Waals surface area contributed by atoms with Gasteiger partial charge >= 0.3 is 0 Å². The number of amides is 1. The Bertz CT molecular complexity index is 1140. The summed E-state index contributed by atoms with van der Waals surface area (Å²) in [6.07, 6.45) is 0. The normalized spacial score (nSPS) is 10.8. The molecule has 0 aliphatic rings. The monoisotopic (exact) mass is 391 g/mol. The van der Waals surface area contributed by atoms with Gasteiger partial charge in [-0.25, -0.2) is 0 Å². The van der Waals surface area contributed by atoms with Crippen LogP contribution in [0.15, 0.2) is 77.2 Å². The van der Waals surface area contributed by atoms with Crippen molar-refractivity contribution in [3.63, 3.8) is 0 Å². The largest absolute Gasteiger partial charge is 0.494 e. The molecule has 140 valence electrons. The van der Waals surface area contributed by atoms with Crippen molar-refractivity contribution in [2.24, 2.45) is 0 Å². The van der Waals surface area contributed by atoms with Gasteiger partial charge in [0.1, 0.15) is 17.1 Å². The highest BCUT2D eigenvalue weighted by Gasteiger charge is 2.23. The van der Waals surface area contributed by atoms with E-state index in [1.165, 1.54) is 0 Å². The molecule has 0 fully saturated rings. The molecule has 0 radical (unpaired) electrons. The number of benzene rings is 3. The quantitative estimate of drug-likeness (QED) is 0.428. The van der Waals surface area contributed by atoms with Gasteiger partial charge in [-0.15, -0.1) is 0 Å². The molecule has 0 aliphatic heterocycles. The van der Waals surface area contributed by atoms with Gasteiger partial charge in [0.2, 0.25) is 0 Å². The Labute approximate surface area is 167 Å². The molecule has 0 aliphatic carbocycles. The number of fused-ring (bicyclic) bond motifs is 1. The first-order chi connectivity index (χ1) is 13.7. The Balaban J connectivity index is 1.85. The molecule has 1 amide bonds. The number of rotatable bonds is 5. The van der Waals surface area contributed by atoms with E-state index >= 15 is 0 Å². The van der Waals surface area contributed by atoms with Gasteiger partial charge in [0.05, 0.1) is 12.2 Å². The Morgan fingerprint density at radius 1 is 1.04 bits per heavy atom. The van der Waals surface area contributed by atoms with Crippen LogP contribution in [0.4, 0.5) is 5.69 Å². The van der Waals surface area contributed by atoms with Gasteiger partial charge in [0.25, 0.3) is 5.91 Å². The van der Waals surface area contributed by atoms with Crippen molar-refractivity contribution in [2.75, 3.05) is 11.9 Å². The third-order valence-corrected chi connectivity index (χ3v) is 4.55. The standard InChI is InChI=1S/C23H18ClNO3/c1-2-27-18-11-12-20-19(14-18)21(22(28-20)15-7-4-3-5-8-15)23(26)25-17-10-6-9-16(24)13-17/h3-14H,2H2,1H3,(H,25,26). The molecule has 1 aromatic heterocycles. The maximum absolute atomic E-state index is 13.2. The Morgan fingerprint density at radius 3 is 2.61 bits per heavy atom. The first kappa shape index (κ1) is 18.1. The zero-order valence-corrected chi connectivity index (χ0v) is 16.0. The van der Waals surface area contributed by atoms with E-state index in [-0.39, 0.29) is 5.91 Å². The lowest BCUT2D eigenvalue weighted by atomic mass is 10.0. The van der Waals surface area contributed by atoms with E-state index in [0.29, 0.717) is 45.4 Å². The number of hydrogen-bond acceptors (Lipinski definition) is 3. The van der Waals surface area contributed by atoms with E-state index in [1.807, 2.05) is 55.5 Å². The van der Waals surface area contributed by atoms with Crippen molar-refractivity contribution in [3.8, 4) is 17.1 Å². The fourth-order valence-electron chi connectivity index (χ4n) is 3.11. The van der Waals surface area contributed by atoms with E-state index in [4.69, 9.17) is 20.8 Å². The maximum atomic E-state index is 13.2. The highest BCUT2D eigenvalue weighted by atomic mass is 35.5. The van der Waals surface area contributed by atoms with E-state index in [9.17, 15) is 4.79 Å². The highest BCUT2D eigenvalue weighted by Crippen LogP contribution is 2.36. The summed E-state index contributed by atoms with van der Waals surface area (Å²) in [5, 5.41) is 4.17. The number of nitrogens with one attached hydrogen (secondary N) is 1. The summed E-state index contributed by atoms with van der Waals surface area (Å²) in [5.74, 6) is 0.935. The zero-order chi connectivity index (χ0) is 19.5. The van der Waals surface area contributed by atoms with Crippen LogP contribution in [-0.2, 0) is 0 Å². The molecule has 5 heteroatoms. The lowest BCUT2D eigenvalue weighted by Crippen LogP contribution is -2.12. The van der Waals surface area contributed by atoms with Crippen molar-refractivity contribution in [1.29, 1.82) is 0 Å². The summed E-state index contributed by atoms with van der Waals surface area (Å²) in [7, 11) is 0. The second-order valence-electron chi connectivity index (χ2n) is 6.23. The number of anilines is 1. The number of carbonyl (C=O) groups is 1. The van der Waals surface area contributed by atoms with Crippen LogP contribution in [0.3, 0.4) is 0 Å². The topological polar surface area (TPSA) is 51.5 Å². The molecule has 0 atom stereocenters. The Morgan fingerprint density at radius 2 is 1.86 bits per heavy atom. The Hall–Kier alpha value is -3.24. The van der Waals surface area contributed by atoms with E-state index in [2.05, 4.69) is 5.32 Å². The van der Waals surface area contributed by atoms with Crippen LogP contribution in [0.2, 0.25) is 5.02 Å². The third kappa shape index (κ3) is 3.59. The SMILES string of the molecule is CCOc1ccc2oc(-c3ccccc3)c(C(=O)Nc3cccc(Cl)c3)c2c1. The van der Waals surface area contributed by atoms with Crippen LogP contribution in [0.5, 0.6) is 5.75 Å². The average Bonchev–Trinajstić information content (AvgIpc) is 3.08. The second-order valence-corrected chi connectivity index (χ2v) is 6.66. The van der Waals surface area contributed by atoms with Crippen molar-refractivity contribution in [3.05, 3.63) is 83.4 Å². The third-order valence-electron chi connectivity index (χ3n) is 4.32. The van der Waals surface area contributed by atoms with Crippen LogP contribution >= 0.6 is 11.6 Å². The minimum atomic E-state index is -0.270. The predicted molar refractivity (Wildman–Crippen MR) is 112 cm³/mol. The van der Waals surface area contributed by atoms with Crippen molar-refractivity contribution in [1.82, 2.24) is 0 Å². The maximum Gasteiger partial charge on any atom is 0.260 e. The van der Waals surface area contributed by atoms with E-state index in [0.717, 1.165) is 5.56 Å². The van der Waals surface area contributed by atoms with Crippen molar-refractivity contribution in [2.45, 2.75) is 6.92 Å². The van der Waals surface area contributed by atoms with E-state index < -0.39 is 0 Å². The minimum Gasteiger partial charge on any atom is -0.494 e. The molecule has 1 heterocycles. The lowest BCUT2D eigenvalue weighted by Gasteiger charge is -2.07. The summed E-state index contributed by atoms with van der Waals surface area (Å²) in [6, 6.07) is 22.1. The molecular formula is C23H18ClNO3. The fraction of sp³-hybridized carbons (Fsp3) is 0.0870. The van der Waals surface area contributed by atoms with Crippen LogP contribution in [-0.4, -0.2) is 12.5 Å². The number of carbonyl (C=O) groups excluding carboxylic acids is 1. The predicted octanol–water partition coefficient (Wildman–Crippen LogP) is 6.40. The summed E-state index contributed by atoms with van der Waals surface area (Å²) in [5.41, 5.74) is 2.53. The molecule has 0 unspecified atom stereocenters.